The van der Waals surface area contributed by atoms with E-state index in [-0.39, 0.29) is 17.7 Å². The number of nitrogens with one attached hydrogen (secondary N) is 1. The smallest absolute Gasteiger partial charge is 0.252 e. The Balaban J connectivity index is 2.37. The Bertz CT molecular complexity index is 657. The molecule has 0 spiro atoms. The molecule has 1 N–H and O–H groups in total. The Labute approximate surface area is 125 Å². The third kappa shape index (κ3) is 3.57. The number of hydrogen-bond acceptors (Lipinski definition) is 2. The van der Waals surface area contributed by atoms with Crippen LogP contribution in [0.25, 0.3) is 0 Å². The summed E-state index contributed by atoms with van der Waals surface area (Å²) in [6, 6.07) is 14.3. The second-order valence-electron chi connectivity index (χ2n) is 5.37. The van der Waals surface area contributed by atoms with Crippen LogP contribution < -0.4 is 5.32 Å². The summed E-state index contributed by atoms with van der Waals surface area (Å²) in [5.41, 5.74) is 2.53. The van der Waals surface area contributed by atoms with Crippen LogP contribution in [0.5, 0.6) is 0 Å². The zero-order valence-electron chi connectivity index (χ0n) is 12.5. The van der Waals surface area contributed by atoms with Gasteiger partial charge in [0.1, 0.15) is 0 Å². The van der Waals surface area contributed by atoms with Gasteiger partial charge in [-0.15, -0.1) is 0 Å². The Morgan fingerprint density at radius 2 is 1.48 bits per heavy atom. The zero-order valence-corrected chi connectivity index (χ0v) is 12.5. The molecule has 0 atom stereocenters. The van der Waals surface area contributed by atoms with Crippen LogP contribution in [0.1, 0.15) is 45.7 Å². The average Bonchev–Trinajstić information content (AvgIpc) is 2.46. The van der Waals surface area contributed by atoms with Crippen molar-refractivity contribution in [3.05, 3.63) is 70.8 Å². The van der Waals surface area contributed by atoms with Crippen LogP contribution in [-0.4, -0.2) is 17.7 Å². The number of hydrogen-bond donors (Lipinski definition) is 1. The molecule has 0 saturated heterocycles. The molecule has 0 aromatic heterocycles. The molecule has 21 heavy (non-hydrogen) atoms. The van der Waals surface area contributed by atoms with E-state index in [0.29, 0.717) is 16.7 Å². The average molecular weight is 281 g/mol. The highest BCUT2D eigenvalue weighted by Gasteiger charge is 2.18. The summed E-state index contributed by atoms with van der Waals surface area (Å²) in [5.74, 6) is -0.356. The predicted molar refractivity (Wildman–Crippen MR) is 83.7 cm³/mol. The lowest BCUT2D eigenvalue weighted by molar-refractivity contribution is 0.0932. The van der Waals surface area contributed by atoms with Crippen molar-refractivity contribution >= 4 is 11.7 Å². The van der Waals surface area contributed by atoms with Crippen molar-refractivity contribution < 1.29 is 9.59 Å². The van der Waals surface area contributed by atoms with Crippen molar-refractivity contribution in [2.24, 2.45) is 0 Å². The SMILES string of the molecule is Cc1ccc(C(=O)c2ccccc2C(=O)NC(C)C)cc1. The van der Waals surface area contributed by atoms with E-state index in [9.17, 15) is 9.59 Å². The molecule has 0 bridgehead atoms. The molecular weight excluding hydrogens is 262 g/mol. The molecule has 0 heterocycles. The molecule has 2 aromatic carbocycles. The second-order valence-corrected chi connectivity index (χ2v) is 5.37. The summed E-state index contributed by atoms with van der Waals surface area (Å²) < 4.78 is 0. The van der Waals surface area contributed by atoms with Crippen molar-refractivity contribution in [1.82, 2.24) is 5.32 Å². The monoisotopic (exact) mass is 281 g/mol. The number of aryl methyl sites for hydroxylation is 1. The molecule has 3 nitrogen and oxygen atoms in total. The molecule has 0 aliphatic heterocycles. The zero-order chi connectivity index (χ0) is 15.4. The number of rotatable bonds is 4. The van der Waals surface area contributed by atoms with Gasteiger partial charge in [-0.3, -0.25) is 9.59 Å². The first kappa shape index (κ1) is 15.0. The maximum absolute atomic E-state index is 12.6. The Morgan fingerprint density at radius 1 is 0.905 bits per heavy atom. The highest BCUT2D eigenvalue weighted by atomic mass is 16.2. The topological polar surface area (TPSA) is 46.2 Å². The number of amides is 1. The van der Waals surface area contributed by atoms with Gasteiger partial charge in [0.15, 0.2) is 5.78 Å². The number of benzene rings is 2. The highest BCUT2D eigenvalue weighted by molar-refractivity contribution is 6.15. The normalized spacial score (nSPS) is 10.5. The van der Waals surface area contributed by atoms with Crippen LogP contribution in [0.15, 0.2) is 48.5 Å². The maximum atomic E-state index is 12.6. The van der Waals surface area contributed by atoms with Crippen LogP contribution in [-0.2, 0) is 0 Å². The molecule has 0 fully saturated rings. The quantitative estimate of drug-likeness (QED) is 0.873. The Hall–Kier alpha value is -2.42. The molecule has 0 radical (unpaired) electrons. The molecule has 0 aliphatic rings. The fourth-order valence-electron chi connectivity index (χ4n) is 2.08. The van der Waals surface area contributed by atoms with E-state index in [4.69, 9.17) is 0 Å². The van der Waals surface area contributed by atoms with Crippen molar-refractivity contribution in [1.29, 1.82) is 0 Å². The van der Waals surface area contributed by atoms with Gasteiger partial charge in [-0.05, 0) is 26.8 Å². The van der Waals surface area contributed by atoms with Gasteiger partial charge in [0.2, 0.25) is 0 Å². The number of carbonyl (C=O) groups is 2. The fraction of sp³-hybridized carbons (Fsp3) is 0.222. The summed E-state index contributed by atoms with van der Waals surface area (Å²) in [4.78, 5) is 24.8. The molecular formula is C18H19NO2. The lowest BCUT2D eigenvalue weighted by Gasteiger charge is -2.11. The van der Waals surface area contributed by atoms with E-state index >= 15 is 0 Å². The van der Waals surface area contributed by atoms with Gasteiger partial charge in [0.05, 0.1) is 5.56 Å². The van der Waals surface area contributed by atoms with Gasteiger partial charge in [-0.1, -0.05) is 48.0 Å². The maximum Gasteiger partial charge on any atom is 0.252 e. The highest BCUT2D eigenvalue weighted by Crippen LogP contribution is 2.15. The molecule has 0 aliphatic carbocycles. The van der Waals surface area contributed by atoms with E-state index in [1.54, 1.807) is 36.4 Å². The number of carbonyl (C=O) groups excluding carboxylic acids is 2. The summed E-state index contributed by atoms with van der Waals surface area (Å²) in [6.45, 7) is 5.75. The van der Waals surface area contributed by atoms with Crippen molar-refractivity contribution in [2.75, 3.05) is 0 Å². The lowest BCUT2D eigenvalue weighted by atomic mass is 9.97. The van der Waals surface area contributed by atoms with Crippen LogP contribution in [0.2, 0.25) is 0 Å². The van der Waals surface area contributed by atoms with E-state index < -0.39 is 0 Å². The minimum absolute atomic E-state index is 0.0278. The van der Waals surface area contributed by atoms with Gasteiger partial charge in [-0.2, -0.15) is 0 Å². The third-order valence-corrected chi connectivity index (χ3v) is 3.15. The van der Waals surface area contributed by atoms with Crippen LogP contribution in [0, 0.1) is 6.92 Å². The van der Waals surface area contributed by atoms with E-state index in [2.05, 4.69) is 5.32 Å². The first-order valence-electron chi connectivity index (χ1n) is 7.00. The summed E-state index contributed by atoms with van der Waals surface area (Å²) in [6.07, 6.45) is 0. The first-order chi connectivity index (χ1) is 9.99. The third-order valence-electron chi connectivity index (χ3n) is 3.15. The first-order valence-corrected chi connectivity index (χ1v) is 7.00. The van der Waals surface area contributed by atoms with Gasteiger partial charge in [-0.25, -0.2) is 0 Å². The molecule has 0 saturated carbocycles. The van der Waals surface area contributed by atoms with Gasteiger partial charge in [0, 0.05) is 17.2 Å². The fourth-order valence-corrected chi connectivity index (χ4v) is 2.08. The minimum atomic E-state index is -0.221. The molecule has 108 valence electrons. The second kappa shape index (κ2) is 6.35. The Morgan fingerprint density at radius 3 is 2.05 bits per heavy atom. The molecule has 2 aromatic rings. The van der Waals surface area contributed by atoms with E-state index in [1.165, 1.54) is 0 Å². The van der Waals surface area contributed by atoms with E-state index in [0.717, 1.165) is 5.56 Å². The molecule has 1 amide bonds. The standard InChI is InChI=1S/C18H19NO2/c1-12(2)19-18(21)16-7-5-4-6-15(16)17(20)14-10-8-13(3)9-11-14/h4-12H,1-3H3,(H,19,21). The summed E-state index contributed by atoms with van der Waals surface area (Å²) in [7, 11) is 0. The largest absolute Gasteiger partial charge is 0.350 e. The summed E-state index contributed by atoms with van der Waals surface area (Å²) in [5, 5.41) is 2.82. The van der Waals surface area contributed by atoms with Gasteiger partial charge >= 0.3 is 0 Å². The summed E-state index contributed by atoms with van der Waals surface area (Å²) >= 11 is 0. The van der Waals surface area contributed by atoms with Crippen molar-refractivity contribution in [2.45, 2.75) is 26.8 Å². The van der Waals surface area contributed by atoms with Crippen LogP contribution >= 0.6 is 0 Å². The number of ketones is 1. The van der Waals surface area contributed by atoms with Gasteiger partial charge < -0.3 is 5.32 Å². The Kier molecular flexibility index (Phi) is 4.53. The van der Waals surface area contributed by atoms with Crippen LogP contribution in [0.3, 0.4) is 0 Å². The van der Waals surface area contributed by atoms with Crippen LogP contribution in [0.4, 0.5) is 0 Å². The molecule has 2 rings (SSSR count). The van der Waals surface area contributed by atoms with Gasteiger partial charge in [0.25, 0.3) is 5.91 Å². The van der Waals surface area contributed by atoms with Crippen molar-refractivity contribution in [3.63, 3.8) is 0 Å². The lowest BCUT2D eigenvalue weighted by Crippen LogP contribution is -2.31. The molecule has 3 heteroatoms. The van der Waals surface area contributed by atoms with Crippen molar-refractivity contribution in [3.8, 4) is 0 Å². The predicted octanol–water partition coefficient (Wildman–Crippen LogP) is 3.36. The van der Waals surface area contributed by atoms with E-state index in [1.807, 2.05) is 32.9 Å². The minimum Gasteiger partial charge on any atom is -0.350 e. The molecule has 0 unspecified atom stereocenters.